The molecule has 0 spiro atoms. The topological polar surface area (TPSA) is 46.3 Å². The molecule has 130 valence electrons. The Hall–Kier alpha value is -1.34. The van der Waals surface area contributed by atoms with Crippen molar-refractivity contribution >= 4 is 18.3 Å². The minimum atomic E-state index is -4.83. The van der Waals surface area contributed by atoms with Crippen molar-refractivity contribution in [2.24, 2.45) is 11.1 Å². The van der Waals surface area contributed by atoms with Crippen molar-refractivity contribution in [2.75, 3.05) is 13.1 Å². The van der Waals surface area contributed by atoms with Gasteiger partial charge in [-0.25, -0.2) is 4.39 Å². The zero-order valence-electron chi connectivity index (χ0n) is 12.8. The maximum absolute atomic E-state index is 13.3. The number of benzene rings is 1. The molecule has 0 aromatic heterocycles. The average Bonchev–Trinajstić information content (AvgIpc) is 2.40. The third-order valence-corrected chi connectivity index (χ3v) is 4.12. The van der Waals surface area contributed by atoms with E-state index in [1.165, 1.54) is 4.90 Å². The van der Waals surface area contributed by atoms with Crippen molar-refractivity contribution in [3.05, 3.63) is 35.1 Å². The lowest BCUT2D eigenvalue weighted by atomic mass is 9.79. The first kappa shape index (κ1) is 19.7. The zero-order chi connectivity index (χ0) is 16.7. The lowest BCUT2D eigenvalue weighted by Crippen LogP contribution is -2.54. The van der Waals surface area contributed by atoms with Crippen molar-refractivity contribution in [3.8, 4) is 0 Å². The van der Waals surface area contributed by atoms with Gasteiger partial charge in [0, 0.05) is 24.7 Å². The van der Waals surface area contributed by atoms with Gasteiger partial charge < -0.3 is 10.6 Å². The molecular formula is C15H19ClF4N2O. The highest BCUT2D eigenvalue weighted by atomic mass is 35.5. The number of rotatable bonds is 1. The summed E-state index contributed by atoms with van der Waals surface area (Å²) in [6.07, 6.45) is -4.25. The van der Waals surface area contributed by atoms with Gasteiger partial charge in [0.05, 0.1) is 5.56 Å². The highest BCUT2D eigenvalue weighted by Gasteiger charge is 2.37. The van der Waals surface area contributed by atoms with E-state index in [4.69, 9.17) is 5.73 Å². The quantitative estimate of drug-likeness (QED) is 0.785. The SMILES string of the molecule is CC1(C)CN(C(=O)c2ccc(F)c(C(F)(F)F)c2)CCC1N.Cl. The van der Waals surface area contributed by atoms with E-state index in [-0.39, 0.29) is 29.4 Å². The maximum Gasteiger partial charge on any atom is 0.419 e. The molecule has 1 aromatic rings. The molecule has 3 nitrogen and oxygen atoms in total. The highest BCUT2D eigenvalue weighted by molar-refractivity contribution is 5.94. The molecule has 1 heterocycles. The predicted molar refractivity (Wildman–Crippen MR) is 80.9 cm³/mol. The summed E-state index contributed by atoms with van der Waals surface area (Å²) in [6.45, 7) is 4.54. The summed E-state index contributed by atoms with van der Waals surface area (Å²) >= 11 is 0. The van der Waals surface area contributed by atoms with E-state index in [9.17, 15) is 22.4 Å². The van der Waals surface area contributed by atoms with Gasteiger partial charge in [-0.05, 0) is 30.0 Å². The van der Waals surface area contributed by atoms with Crippen LogP contribution in [-0.2, 0) is 6.18 Å². The van der Waals surface area contributed by atoms with Crippen molar-refractivity contribution in [1.82, 2.24) is 4.90 Å². The summed E-state index contributed by atoms with van der Waals surface area (Å²) in [4.78, 5) is 13.8. The summed E-state index contributed by atoms with van der Waals surface area (Å²) in [5, 5.41) is 0. The number of hydrogen-bond donors (Lipinski definition) is 1. The standard InChI is InChI=1S/C15H18F4N2O.ClH/c1-14(2)8-21(6-5-12(14)20)13(22)9-3-4-11(16)10(7-9)15(17,18)19;/h3-4,7,12H,5-6,8,20H2,1-2H3;1H. The number of carbonyl (C=O) groups is 1. The Morgan fingerprint density at radius 2 is 1.96 bits per heavy atom. The van der Waals surface area contributed by atoms with E-state index in [0.717, 1.165) is 6.07 Å². The van der Waals surface area contributed by atoms with E-state index >= 15 is 0 Å². The first-order chi connectivity index (χ1) is 10.0. The molecule has 23 heavy (non-hydrogen) atoms. The molecule has 2 N–H and O–H groups in total. The number of hydrogen-bond acceptors (Lipinski definition) is 2. The Labute approximate surface area is 138 Å². The molecule has 2 rings (SSSR count). The summed E-state index contributed by atoms with van der Waals surface area (Å²) in [7, 11) is 0. The summed E-state index contributed by atoms with van der Waals surface area (Å²) in [5.41, 5.74) is 4.07. The van der Waals surface area contributed by atoms with Gasteiger partial charge in [-0.3, -0.25) is 4.79 Å². The van der Waals surface area contributed by atoms with Crippen molar-refractivity contribution < 1.29 is 22.4 Å². The van der Waals surface area contributed by atoms with Gasteiger partial charge in [0.1, 0.15) is 5.82 Å². The molecule has 1 amide bonds. The monoisotopic (exact) mass is 354 g/mol. The molecule has 1 atom stereocenters. The number of amides is 1. The Kier molecular flexibility index (Phi) is 5.70. The first-order valence-corrected chi connectivity index (χ1v) is 6.94. The first-order valence-electron chi connectivity index (χ1n) is 6.94. The van der Waals surface area contributed by atoms with Crippen molar-refractivity contribution in [1.29, 1.82) is 0 Å². The fraction of sp³-hybridized carbons (Fsp3) is 0.533. The fourth-order valence-corrected chi connectivity index (χ4v) is 2.61. The van der Waals surface area contributed by atoms with Crippen LogP contribution in [0.5, 0.6) is 0 Å². The van der Waals surface area contributed by atoms with Crippen LogP contribution in [0.2, 0.25) is 0 Å². The summed E-state index contributed by atoms with van der Waals surface area (Å²) < 4.78 is 51.5. The van der Waals surface area contributed by atoms with Crippen LogP contribution < -0.4 is 5.73 Å². The van der Waals surface area contributed by atoms with Crippen LogP contribution in [0, 0.1) is 11.2 Å². The minimum Gasteiger partial charge on any atom is -0.338 e. The number of likely N-dealkylation sites (tertiary alicyclic amines) is 1. The van der Waals surface area contributed by atoms with Crippen LogP contribution in [0.3, 0.4) is 0 Å². The number of alkyl halides is 3. The van der Waals surface area contributed by atoms with Crippen molar-refractivity contribution in [2.45, 2.75) is 32.5 Å². The van der Waals surface area contributed by atoms with Gasteiger partial charge >= 0.3 is 6.18 Å². The molecule has 1 fully saturated rings. The Morgan fingerprint density at radius 1 is 1.35 bits per heavy atom. The van der Waals surface area contributed by atoms with Crippen LogP contribution in [0.4, 0.5) is 17.6 Å². The smallest absolute Gasteiger partial charge is 0.338 e. The second-order valence-corrected chi connectivity index (χ2v) is 6.30. The summed E-state index contributed by atoms with van der Waals surface area (Å²) in [5.74, 6) is -1.92. The second-order valence-electron chi connectivity index (χ2n) is 6.30. The number of carbonyl (C=O) groups excluding carboxylic acids is 1. The average molecular weight is 355 g/mol. The van der Waals surface area contributed by atoms with E-state index in [1.54, 1.807) is 0 Å². The molecule has 1 aliphatic rings. The Bertz CT molecular complexity index is 589. The Balaban J connectivity index is 0.00000264. The summed E-state index contributed by atoms with van der Waals surface area (Å²) in [6, 6.07) is 2.25. The van der Waals surface area contributed by atoms with Crippen molar-refractivity contribution in [3.63, 3.8) is 0 Å². The van der Waals surface area contributed by atoms with E-state index in [0.29, 0.717) is 31.6 Å². The number of nitrogens with zero attached hydrogens (tertiary/aromatic N) is 1. The lowest BCUT2D eigenvalue weighted by Gasteiger charge is -2.42. The molecule has 8 heteroatoms. The highest BCUT2D eigenvalue weighted by Crippen LogP contribution is 2.33. The second kappa shape index (κ2) is 6.65. The number of nitrogens with two attached hydrogens (primary N) is 1. The van der Waals surface area contributed by atoms with Gasteiger partial charge in [0.15, 0.2) is 0 Å². The van der Waals surface area contributed by atoms with E-state index in [2.05, 4.69) is 0 Å². The fourth-order valence-electron chi connectivity index (χ4n) is 2.61. The molecular weight excluding hydrogens is 336 g/mol. The lowest BCUT2D eigenvalue weighted by molar-refractivity contribution is -0.140. The predicted octanol–water partition coefficient (Wildman–Crippen LogP) is 3.47. The largest absolute Gasteiger partial charge is 0.419 e. The maximum atomic E-state index is 13.3. The normalized spacial score (nSPS) is 20.8. The van der Waals surface area contributed by atoms with Gasteiger partial charge in [-0.2, -0.15) is 13.2 Å². The van der Waals surface area contributed by atoms with Gasteiger partial charge in [-0.1, -0.05) is 13.8 Å². The van der Waals surface area contributed by atoms with Gasteiger partial charge in [-0.15, -0.1) is 12.4 Å². The zero-order valence-corrected chi connectivity index (χ0v) is 13.6. The van der Waals surface area contributed by atoms with Crippen LogP contribution in [-0.4, -0.2) is 29.9 Å². The van der Waals surface area contributed by atoms with Crippen LogP contribution in [0.15, 0.2) is 18.2 Å². The van der Waals surface area contributed by atoms with Gasteiger partial charge in [0.25, 0.3) is 5.91 Å². The molecule has 0 radical (unpaired) electrons. The molecule has 0 bridgehead atoms. The Morgan fingerprint density at radius 3 is 2.48 bits per heavy atom. The van der Waals surface area contributed by atoms with Crippen LogP contribution in [0.1, 0.15) is 36.2 Å². The molecule has 1 saturated heterocycles. The van der Waals surface area contributed by atoms with Crippen LogP contribution >= 0.6 is 12.4 Å². The molecule has 0 aliphatic carbocycles. The number of piperidine rings is 1. The third kappa shape index (κ3) is 4.14. The minimum absolute atomic E-state index is 0. The molecule has 0 saturated carbocycles. The molecule has 1 aliphatic heterocycles. The van der Waals surface area contributed by atoms with Gasteiger partial charge in [0.2, 0.25) is 0 Å². The molecule has 1 unspecified atom stereocenters. The van der Waals surface area contributed by atoms with E-state index < -0.39 is 23.5 Å². The third-order valence-electron chi connectivity index (χ3n) is 4.12. The van der Waals surface area contributed by atoms with Crippen LogP contribution in [0.25, 0.3) is 0 Å². The molecule has 1 aromatic carbocycles. The van der Waals surface area contributed by atoms with E-state index in [1.807, 2.05) is 13.8 Å². The number of halogens is 5.